The molecule has 1 unspecified atom stereocenters. The van der Waals surface area contributed by atoms with Crippen LogP contribution in [0.2, 0.25) is 10.0 Å². The maximum absolute atomic E-state index is 12.9. The van der Waals surface area contributed by atoms with Gasteiger partial charge in [-0.05, 0) is 47.4 Å². The van der Waals surface area contributed by atoms with E-state index in [4.69, 9.17) is 27.9 Å². The van der Waals surface area contributed by atoms with Gasteiger partial charge in [0, 0.05) is 10.6 Å². The van der Waals surface area contributed by atoms with Crippen molar-refractivity contribution >= 4 is 52.0 Å². The molecule has 0 fully saturated rings. The van der Waals surface area contributed by atoms with Crippen molar-refractivity contribution in [2.75, 3.05) is 6.61 Å². The Morgan fingerprint density at radius 3 is 2.57 bits per heavy atom. The molecule has 3 aromatic rings. The number of nitrogens with zero attached hydrogens (tertiary/aromatic N) is 1. The first-order valence-corrected chi connectivity index (χ1v) is 12.3. The Labute approximate surface area is 215 Å². The molecule has 0 saturated carbocycles. The highest BCUT2D eigenvalue weighted by molar-refractivity contribution is 6.36. The molecule has 0 aliphatic heterocycles. The number of amides is 2. The topological polar surface area (TPSA) is 79.8 Å². The van der Waals surface area contributed by atoms with E-state index in [0.29, 0.717) is 17.4 Å². The summed E-state index contributed by atoms with van der Waals surface area (Å²) in [6.07, 6.45) is 3.54. The normalized spacial score (nSPS) is 12.2. The summed E-state index contributed by atoms with van der Waals surface area (Å²) in [5, 5.41) is 9.57. The van der Waals surface area contributed by atoms with E-state index >= 15 is 0 Å². The van der Waals surface area contributed by atoms with Crippen molar-refractivity contribution in [1.82, 2.24) is 10.7 Å². The summed E-state index contributed by atoms with van der Waals surface area (Å²) in [4.78, 5) is 25.6. The Kier molecular flexibility index (Phi) is 9.52. The molecule has 0 radical (unpaired) electrons. The van der Waals surface area contributed by atoms with Crippen molar-refractivity contribution < 1.29 is 14.3 Å². The fraction of sp³-hybridized carbons (Fsp3) is 0.296. The van der Waals surface area contributed by atoms with Gasteiger partial charge in [0.1, 0.15) is 11.8 Å². The number of carbonyl (C=O) groups is 2. The number of hydrogen-bond acceptors (Lipinski definition) is 4. The third kappa shape index (κ3) is 6.96. The molecule has 6 nitrogen and oxygen atoms in total. The molecular weight excluding hydrogens is 485 g/mol. The van der Waals surface area contributed by atoms with Crippen molar-refractivity contribution in [3.8, 4) is 5.75 Å². The van der Waals surface area contributed by atoms with Gasteiger partial charge in [-0.15, -0.1) is 0 Å². The van der Waals surface area contributed by atoms with Crippen LogP contribution in [-0.2, 0) is 4.79 Å². The minimum Gasteiger partial charge on any atom is -0.493 e. The second-order valence-electron chi connectivity index (χ2n) is 8.45. The molecule has 2 N–H and O–H groups in total. The zero-order chi connectivity index (χ0) is 25.4. The minimum absolute atomic E-state index is 0.189. The molecule has 0 heterocycles. The molecule has 0 aliphatic rings. The van der Waals surface area contributed by atoms with Crippen LogP contribution in [0.4, 0.5) is 0 Å². The highest BCUT2D eigenvalue weighted by Crippen LogP contribution is 2.27. The lowest BCUT2D eigenvalue weighted by atomic mass is 10.0. The average Bonchev–Trinajstić information content (AvgIpc) is 2.83. The van der Waals surface area contributed by atoms with Gasteiger partial charge in [0.05, 0.1) is 23.4 Å². The number of rotatable bonds is 10. The quantitative estimate of drug-likeness (QED) is 0.191. The van der Waals surface area contributed by atoms with Gasteiger partial charge in [0.15, 0.2) is 0 Å². The van der Waals surface area contributed by atoms with Crippen molar-refractivity contribution in [2.24, 2.45) is 11.0 Å². The number of benzene rings is 3. The molecule has 0 bridgehead atoms. The molecule has 2 amide bonds. The van der Waals surface area contributed by atoms with Crippen LogP contribution in [0.15, 0.2) is 59.7 Å². The first-order chi connectivity index (χ1) is 16.8. The second kappa shape index (κ2) is 12.6. The molecule has 3 aromatic carbocycles. The molecule has 35 heavy (non-hydrogen) atoms. The van der Waals surface area contributed by atoms with Crippen LogP contribution in [0.5, 0.6) is 5.75 Å². The van der Waals surface area contributed by atoms with Crippen LogP contribution in [-0.4, -0.2) is 30.7 Å². The monoisotopic (exact) mass is 513 g/mol. The summed E-state index contributed by atoms with van der Waals surface area (Å²) in [7, 11) is 0. The average molecular weight is 514 g/mol. The van der Waals surface area contributed by atoms with Crippen LogP contribution in [0.1, 0.15) is 49.5 Å². The number of ether oxygens (including phenoxy) is 1. The van der Waals surface area contributed by atoms with Gasteiger partial charge in [0.2, 0.25) is 0 Å². The number of hydrazone groups is 1. The zero-order valence-corrected chi connectivity index (χ0v) is 21.5. The second-order valence-corrected chi connectivity index (χ2v) is 9.30. The van der Waals surface area contributed by atoms with E-state index in [0.717, 1.165) is 29.2 Å². The fourth-order valence-electron chi connectivity index (χ4n) is 3.52. The predicted octanol–water partition coefficient (Wildman–Crippen LogP) is 6.23. The van der Waals surface area contributed by atoms with E-state index in [1.807, 2.05) is 50.2 Å². The Morgan fingerprint density at radius 2 is 1.86 bits per heavy atom. The van der Waals surface area contributed by atoms with E-state index < -0.39 is 17.9 Å². The summed E-state index contributed by atoms with van der Waals surface area (Å²) < 4.78 is 5.97. The van der Waals surface area contributed by atoms with E-state index in [-0.39, 0.29) is 16.5 Å². The van der Waals surface area contributed by atoms with E-state index in [1.54, 1.807) is 12.3 Å². The largest absolute Gasteiger partial charge is 0.493 e. The van der Waals surface area contributed by atoms with E-state index in [2.05, 4.69) is 22.8 Å². The minimum atomic E-state index is -0.820. The van der Waals surface area contributed by atoms with Crippen molar-refractivity contribution in [2.45, 2.75) is 39.7 Å². The van der Waals surface area contributed by atoms with Crippen LogP contribution in [0.25, 0.3) is 10.8 Å². The lowest BCUT2D eigenvalue weighted by Crippen LogP contribution is -2.48. The summed E-state index contributed by atoms with van der Waals surface area (Å²) in [6.45, 7) is 6.37. The van der Waals surface area contributed by atoms with E-state index in [9.17, 15) is 9.59 Å². The third-order valence-electron chi connectivity index (χ3n) is 5.47. The van der Waals surface area contributed by atoms with Gasteiger partial charge < -0.3 is 10.1 Å². The number of nitrogens with one attached hydrogen (secondary N) is 2. The van der Waals surface area contributed by atoms with Gasteiger partial charge >= 0.3 is 0 Å². The zero-order valence-electron chi connectivity index (χ0n) is 20.0. The van der Waals surface area contributed by atoms with Gasteiger partial charge in [-0.2, -0.15) is 5.10 Å². The number of fused-ring (bicyclic) bond motifs is 1. The fourth-order valence-corrected chi connectivity index (χ4v) is 4.01. The Balaban J connectivity index is 1.77. The molecule has 0 aromatic heterocycles. The lowest BCUT2D eigenvalue weighted by Gasteiger charge is -2.21. The van der Waals surface area contributed by atoms with Crippen LogP contribution in [0, 0.1) is 5.92 Å². The first kappa shape index (κ1) is 26.5. The highest BCUT2D eigenvalue weighted by Gasteiger charge is 2.25. The summed E-state index contributed by atoms with van der Waals surface area (Å²) in [6, 6.07) is 15.6. The molecule has 8 heteroatoms. The molecule has 184 valence electrons. The first-order valence-electron chi connectivity index (χ1n) is 11.5. The number of halogens is 2. The van der Waals surface area contributed by atoms with Crippen molar-refractivity contribution in [3.63, 3.8) is 0 Å². The van der Waals surface area contributed by atoms with Gasteiger partial charge in [-0.1, -0.05) is 80.7 Å². The Hall–Kier alpha value is -3.09. The number of unbranched alkanes of at least 4 members (excludes halogenated alkanes) is 1. The third-order valence-corrected chi connectivity index (χ3v) is 6.01. The maximum atomic E-state index is 12.9. The molecule has 0 aliphatic carbocycles. The SMILES string of the molecule is CCCCOc1ccc2ccccc2c1C=NNC(=O)C(NC(=O)c1ccc(Cl)cc1Cl)C(C)C. The van der Waals surface area contributed by atoms with Gasteiger partial charge in [-0.25, -0.2) is 5.43 Å². The van der Waals surface area contributed by atoms with E-state index in [1.165, 1.54) is 12.1 Å². The standard InChI is InChI=1S/C27H29Cl2N3O3/c1-4-5-14-35-24-13-10-18-8-6-7-9-20(18)22(24)16-30-32-27(34)25(17(2)3)31-26(33)21-12-11-19(28)15-23(21)29/h6-13,15-17,25H,4-5,14H2,1-3H3,(H,31,33)(H,32,34). The number of hydrogen-bond donors (Lipinski definition) is 2. The molecule has 0 spiro atoms. The highest BCUT2D eigenvalue weighted by atomic mass is 35.5. The maximum Gasteiger partial charge on any atom is 0.262 e. The Bertz CT molecular complexity index is 1230. The van der Waals surface area contributed by atoms with Gasteiger partial charge in [0.25, 0.3) is 11.8 Å². The van der Waals surface area contributed by atoms with Crippen LogP contribution >= 0.6 is 23.2 Å². The Morgan fingerprint density at radius 1 is 1.09 bits per heavy atom. The van der Waals surface area contributed by atoms with Gasteiger partial charge in [-0.3, -0.25) is 9.59 Å². The molecule has 1 atom stereocenters. The summed E-state index contributed by atoms with van der Waals surface area (Å²) >= 11 is 12.1. The molecule has 3 rings (SSSR count). The summed E-state index contributed by atoms with van der Waals surface area (Å²) in [5.74, 6) is -0.402. The van der Waals surface area contributed by atoms with Crippen LogP contribution in [0.3, 0.4) is 0 Å². The van der Waals surface area contributed by atoms with Crippen LogP contribution < -0.4 is 15.5 Å². The summed E-state index contributed by atoms with van der Waals surface area (Å²) in [5.41, 5.74) is 3.57. The lowest BCUT2D eigenvalue weighted by molar-refractivity contribution is -0.123. The van der Waals surface area contributed by atoms with Crippen molar-refractivity contribution in [1.29, 1.82) is 0 Å². The number of carbonyl (C=O) groups excluding carboxylic acids is 2. The molecule has 0 saturated heterocycles. The van der Waals surface area contributed by atoms with Crippen molar-refractivity contribution in [3.05, 3.63) is 75.8 Å². The smallest absolute Gasteiger partial charge is 0.262 e. The predicted molar refractivity (Wildman–Crippen MR) is 143 cm³/mol. The molecular formula is C27H29Cl2N3O3.